The Morgan fingerprint density at radius 1 is 1.27 bits per heavy atom. The Balaban J connectivity index is 1.87. The molecule has 7 heteroatoms. The van der Waals surface area contributed by atoms with Gasteiger partial charge in [0, 0.05) is 11.2 Å². The Kier molecular flexibility index (Phi) is 3.93. The van der Waals surface area contributed by atoms with Crippen LogP contribution in [0.1, 0.15) is 16.2 Å². The van der Waals surface area contributed by atoms with Crippen LogP contribution in [0.4, 0.5) is 0 Å². The van der Waals surface area contributed by atoms with E-state index in [-0.39, 0.29) is 6.61 Å². The Morgan fingerprint density at radius 2 is 2.14 bits per heavy atom. The smallest absolute Gasteiger partial charge is 0.341 e. The second-order valence-electron chi connectivity index (χ2n) is 4.47. The maximum absolute atomic E-state index is 11.7. The molecule has 1 aromatic carbocycles. The Bertz CT molecular complexity index is 832. The number of pyridine rings is 1. The molecule has 0 fully saturated rings. The van der Waals surface area contributed by atoms with Crippen LogP contribution < -0.4 is 4.74 Å². The number of aromatic nitrogens is 3. The number of benzene rings is 1. The molecular weight excluding hydrogens is 306 g/mol. The van der Waals surface area contributed by atoms with Gasteiger partial charge in [-0.25, -0.2) is 4.79 Å². The van der Waals surface area contributed by atoms with Crippen molar-refractivity contribution < 1.29 is 14.3 Å². The van der Waals surface area contributed by atoms with Crippen LogP contribution in [0.2, 0.25) is 5.02 Å². The third-order valence-corrected chi connectivity index (χ3v) is 3.31. The summed E-state index contributed by atoms with van der Waals surface area (Å²) in [6.07, 6.45) is 1.76. The molecule has 3 aromatic rings. The molecule has 0 aliphatic rings. The van der Waals surface area contributed by atoms with E-state index in [4.69, 9.17) is 21.1 Å². The first kappa shape index (κ1) is 14.3. The van der Waals surface area contributed by atoms with Gasteiger partial charge in [0.25, 0.3) is 0 Å². The molecule has 2 heterocycles. The summed E-state index contributed by atoms with van der Waals surface area (Å²) in [6, 6.07) is 10.4. The van der Waals surface area contributed by atoms with Crippen LogP contribution >= 0.6 is 11.6 Å². The molecule has 0 bridgehead atoms. The lowest BCUT2D eigenvalue weighted by atomic mass is 10.3. The first-order chi connectivity index (χ1) is 10.7. The van der Waals surface area contributed by atoms with Gasteiger partial charge in [0.1, 0.15) is 17.9 Å². The normalized spacial score (nSPS) is 10.6. The summed E-state index contributed by atoms with van der Waals surface area (Å²) in [7, 11) is 1.32. The van der Waals surface area contributed by atoms with E-state index in [1.807, 2.05) is 0 Å². The third kappa shape index (κ3) is 2.73. The van der Waals surface area contributed by atoms with Crippen LogP contribution in [0.5, 0.6) is 5.75 Å². The number of esters is 1. The second-order valence-corrected chi connectivity index (χ2v) is 4.91. The summed E-state index contributed by atoms with van der Waals surface area (Å²) in [5, 5.41) is 8.67. The van der Waals surface area contributed by atoms with Crippen molar-refractivity contribution in [1.82, 2.24) is 14.6 Å². The zero-order valence-electron chi connectivity index (χ0n) is 11.7. The molecule has 3 rings (SSSR count). The van der Waals surface area contributed by atoms with Crippen LogP contribution in [0.15, 0.2) is 42.6 Å². The van der Waals surface area contributed by atoms with E-state index in [0.29, 0.717) is 27.8 Å². The lowest BCUT2D eigenvalue weighted by Crippen LogP contribution is -2.06. The highest BCUT2D eigenvalue weighted by atomic mass is 35.5. The fourth-order valence-electron chi connectivity index (χ4n) is 2.04. The number of hydrogen-bond donors (Lipinski definition) is 0. The number of rotatable bonds is 4. The molecule has 2 aromatic heterocycles. The summed E-state index contributed by atoms with van der Waals surface area (Å²) in [5.74, 6) is 0.745. The molecule has 0 amide bonds. The molecule has 0 unspecified atom stereocenters. The van der Waals surface area contributed by atoms with E-state index in [9.17, 15) is 4.79 Å². The van der Waals surface area contributed by atoms with Gasteiger partial charge in [0.2, 0.25) is 0 Å². The topological polar surface area (TPSA) is 65.7 Å². The van der Waals surface area contributed by atoms with Crippen molar-refractivity contribution >= 4 is 23.2 Å². The van der Waals surface area contributed by atoms with Crippen molar-refractivity contribution in [3.05, 3.63) is 59.0 Å². The van der Waals surface area contributed by atoms with Crippen molar-refractivity contribution in [1.29, 1.82) is 0 Å². The quantitative estimate of drug-likeness (QED) is 0.692. The minimum atomic E-state index is -0.458. The van der Waals surface area contributed by atoms with Gasteiger partial charge in [-0.2, -0.15) is 0 Å². The molecule has 0 atom stereocenters. The first-order valence-corrected chi connectivity index (χ1v) is 6.86. The summed E-state index contributed by atoms with van der Waals surface area (Å²) < 4.78 is 12.1. The molecule has 0 saturated carbocycles. The van der Waals surface area contributed by atoms with Crippen LogP contribution in [0.25, 0.3) is 5.65 Å². The molecular formula is C15H12ClN3O3. The predicted molar refractivity (Wildman–Crippen MR) is 80.1 cm³/mol. The number of halogens is 1. The Hall–Kier alpha value is -2.60. The van der Waals surface area contributed by atoms with E-state index < -0.39 is 5.97 Å². The van der Waals surface area contributed by atoms with E-state index >= 15 is 0 Å². The van der Waals surface area contributed by atoms with E-state index in [1.54, 1.807) is 47.0 Å². The number of methoxy groups -OCH3 is 1. The van der Waals surface area contributed by atoms with Gasteiger partial charge in [-0.1, -0.05) is 17.7 Å². The maximum Gasteiger partial charge on any atom is 0.341 e. The van der Waals surface area contributed by atoms with Gasteiger partial charge < -0.3 is 9.47 Å². The monoisotopic (exact) mass is 317 g/mol. The van der Waals surface area contributed by atoms with Gasteiger partial charge in [-0.05, 0) is 30.3 Å². The maximum atomic E-state index is 11.7. The van der Waals surface area contributed by atoms with Gasteiger partial charge >= 0.3 is 5.97 Å². The van der Waals surface area contributed by atoms with Crippen molar-refractivity contribution in [2.45, 2.75) is 6.61 Å². The van der Waals surface area contributed by atoms with E-state index in [0.717, 1.165) is 0 Å². The SMILES string of the molecule is COC(=O)c1cccn2c(COc3cccc(Cl)c3)nnc12. The molecule has 0 saturated heterocycles. The van der Waals surface area contributed by atoms with Crippen molar-refractivity contribution in [3.63, 3.8) is 0 Å². The highest BCUT2D eigenvalue weighted by molar-refractivity contribution is 6.30. The summed E-state index contributed by atoms with van der Waals surface area (Å²) in [6.45, 7) is 0.201. The molecule has 0 aliphatic carbocycles. The van der Waals surface area contributed by atoms with E-state index in [1.165, 1.54) is 7.11 Å². The number of nitrogens with zero attached hydrogens (tertiary/aromatic N) is 3. The minimum absolute atomic E-state index is 0.201. The third-order valence-electron chi connectivity index (χ3n) is 3.07. The molecule has 0 N–H and O–H groups in total. The van der Waals surface area contributed by atoms with Crippen LogP contribution in [0, 0.1) is 0 Å². The predicted octanol–water partition coefficient (Wildman–Crippen LogP) is 2.75. The average molecular weight is 318 g/mol. The second kappa shape index (κ2) is 6.03. The number of hydrogen-bond acceptors (Lipinski definition) is 5. The Labute approximate surface area is 131 Å². The standard InChI is InChI=1S/C15H12ClN3O3/c1-21-15(20)12-6-3-7-19-13(17-18-14(12)19)9-22-11-5-2-4-10(16)8-11/h2-8H,9H2,1H3. The van der Waals surface area contributed by atoms with Crippen LogP contribution in [-0.4, -0.2) is 27.7 Å². The highest BCUT2D eigenvalue weighted by Crippen LogP contribution is 2.18. The average Bonchev–Trinajstić information content (AvgIpc) is 2.95. The number of carbonyl (C=O) groups excluding carboxylic acids is 1. The fourth-order valence-corrected chi connectivity index (χ4v) is 2.22. The van der Waals surface area contributed by atoms with Crippen molar-refractivity contribution in [3.8, 4) is 5.75 Å². The lowest BCUT2D eigenvalue weighted by molar-refractivity contribution is 0.0602. The van der Waals surface area contributed by atoms with Gasteiger partial charge in [0.15, 0.2) is 11.5 Å². The summed E-state index contributed by atoms with van der Waals surface area (Å²) in [4.78, 5) is 11.7. The van der Waals surface area contributed by atoms with Gasteiger partial charge in [-0.15, -0.1) is 10.2 Å². The van der Waals surface area contributed by atoms with Crippen LogP contribution in [0.3, 0.4) is 0 Å². The number of carbonyl (C=O) groups is 1. The highest BCUT2D eigenvalue weighted by Gasteiger charge is 2.15. The number of ether oxygens (including phenoxy) is 2. The lowest BCUT2D eigenvalue weighted by Gasteiger charge is -2.06. The van der Waals surface area contributed by atoms with Gasteiger partial charge in [-0.3, -0.25) is 4.40 Å². The zero-order chi connectivity index (χ0) is 15.5. The zero-order valence-corrected chi connectivity index (χ0v) is 12.4. The summed E-state index contributed by atoms with van der Waals surface area (Å²) >= 11 is 5.91. The molecule has 6 nitrogen and oxygen atoms in total. The van der Waals surface area contributed by atoms with Crippen molar-refractivity contribution in [2.24, 2.45) is 0 Å². The molecule has 22 heavy (non-hydrogen) atoms. The largest absolute Gasteiger partial charge is 0.486 e. The molecule has 0 spiro atoms. The molecule has 0 radical (unpaired) electrons. The first-order valence-electron chi connectivity index (χ1n) is 6.48. The van der Waals surface area contributed by atoms with Gasteiger partial charge in [0.05, 0.1) is 7.11 Å². The number of fused-ring (bicyclic) bond motifs is 1. The molecule has 0 aliphatic heterocycles. The fraction of sp³-hybridized carbons (Fsp3) is 0.133. The van der Waals surface area contributed by atoms with E-state index in [2.05, 4.69) is 10.2 Å². The van der Waals surface area contributed by atoms with Crippen LogP contribution in [-0.2, 0) is 11.3 Å². The minimum Gasteiger partial charge on any atom is -0.486 e. The summed E-state index contributed by atoms with van der Waals surface area (Å²) in [5.41, 5.74) is 0.783. The van der Waals surface area contributed by atoms with Crippen molar-refractivity contribution in [2.75, 3.05) is 7.11 Å². The molecule has 112 valence electrons. The Morgan fingerprint density at radius 3 is 2.91 bits per heavy atom.